The lowest BCUT2D eigenvalue weighted by molar-refractivity contribution is -0.908. The van der Waals surface area contributed by atoms with Gasteiger partial charge in [-0.1, -0.05) is 49.6 Å². The Bertz CT molecular complexity index is 499. The molecule has 1 N–H and O–H groups in total. The van der Waals surface area contributed by atoms with Gasteiger partial charge in [-0.2, -0.15) is 0 Å². The van der Waals surface area contributed by atoms with Crippen molar-refractivity contribution in [1.82, 2.24) is 0 Å². The molecule has 0 amide bonds. The molecular formula is C20H30ClNO3. The number of carbonyl (C=O) groups excluding carboxylic acids is 1. The van der Waals surface area contributed by atoms with Crippen LogP contribution in [0, 0.1) is 5.92 Å². The van der Waals surface area contributed by atoms with Gasteiger partial charge >= 0.3 is 5.97 Å². The van der Waals surface area contributed by atoms with Crippen LogP contribution >= 0.6 is 0 Å². The first kappa shape index (κ1) is 20.2. The molecular weight excluding hydrogens is 338 g/mol. The zero-order chi connectivity index (χ0) is 16.6. The summed E-state index contributed by atoms with van der Waals surface area (Å²) in [7, 11) is 0. The zero-order valence-electron chi connectivity index (χ0n) is 14.9. The number of rotatable bonds is 6. The average Bonchev–Trinajstić information content (AvgIpc) is 2.65. The Hall–Kier alpha value is -1.10. The van der Waals surface area contributed by atoms with E-state index in [1.54, 1.807) is 0 Å². The van der Waals surface area contributed by atoms with Gasteiger partial charge in [0.05, 0.1) is 19.1 Å². The molecule has 4 nitrogen and oxygen atoms in total. The van der Waals surface area contributed by atoms with Crippen LogP contribution in [-0.2, 0) is 14.3 Å². The fraction of sp³-hybridized carbons (Fsp3) is 0.650. The number of ether oxygens (including phenoxy) is 2. The summed E-state index contributed by atoms with van der Waals surface area (Å²) < 4.78 is 11.1. The van der Waals surface area contributed by atoms with Crippen LogP contribution in [0.1, 0.15) is 43.6 Å². The number of nitrogens with one attached hydrogen (secondary N) is 1. The minimum atomic E-state index is -0.0915. The molecule has 2 fully saturated rings. The number of hydrogen-bond acceptors (Lipinski definition) is 3. The molecule has 0 spiro atoms. The van der Waals surface area contributed by atoms with Crippen molar-refractivity contribution in [3.63, 3.8) is 0 Å². The summed E-state index contributed by atoms with van der Waals surface area (Å²) in [6.45, 7) is 5.08. The third-order valence-corrected chi connectivity index (χ3v) is 5.43. The molecule has 1 heterocycles. The van der Waals surface area contributed by atoms with E-state index in [2.05, 4.69) is 12.1 Å². The maximum atomic E-state index is 12.8. The van der Waals surface area contributed by atoms with Gasteiger partial charge in [-0.25, -0.2) is 0 Å². The van der Waals surface area contributed by atoms with E-state index in [4.69, 9.17) is 9.47 Å². The molecule has 0 aromatic heterocycles. The largest absolute Gasteiger partial charge is 1.00 e. The standard InChI is InChI=1S/C20H29NO3.ClH/c22-20(24-16-13-21-11-14-23-15-12-21)19(17-7-3-1-4-8-17)18-9-5-2-6-10-18;/h1,3-4,7-8,18-19H,2,5-6,9-16H2;1H. The van der Waals surface area contributed by atoms with Crippen LogP contribution in [0.2, 0.25) is 0 Å². The molecule has 1 atom stereocenters. The quantitative estimate of drug-likeness (QED) is 0.643. The molecule has 25 heavy (non-hydrogen) atoms. The second-order valence-corrected chi connectivity index (χ2v) is 7.07. The Labute approximate surface area is 157 Å². The smallest absolute Gasteiger partial charge is 0.313 e. The number of esters is 1. The van der Waals surface area contributed by atoms with E-state index in [1.165, 1.54) is 24.2 Å². The number of morpholine rings is 1. The minimum absolute atomic E-state index is 0. The molecule has 0 radical (unpaired) electrons. The summed E-state index contributed by atoms with van der Waals surface area (Å²) >= 11 is 0. The van der Waals surface area contributed by atoms with Crippen molar-refractivity contribution < 1.29 is 31.6 Å². The van der Waals surface area contributed by atoms with E-state index in [0.29, 0.717) is 12.5 Å². The Morgan fingerprint density at radius 2 is 1.80 bits per heavy atom. The molecule has 2 aliphatic rings. The first-order chi connectivity index (χ1) is 11.8. The fourth-order valence-electron chi connectivity index (χ4n) is 4.02. The highest BCUT2D eigenvalue weighted by Gasteiger charge is 2.32. The highest BCUT2D eigenvalue weighted by molar-refractivity contribution is 5.78. The molecule has 0 bridgehead atoms. The number of carbonyl (C=O) groups is 1. The summed E-state index contributed by atoms with van der Waals surface area (Å²) in [5.41, 5.74) is 1.12. The number of halogens is 1. The van der Waals surface area contributed by atoms with E-state index in [0.717, 1.165) is 51.3 Å². The molecule has 1 aromatic carbocycles. The molecule has 140 valence electrons. The van der Waals surface area contributed by atoms with Crippen molar-refractivity contribution in [2.75, 3.05) is 39.5 Å². The van der Waals surface area contributed by atoms with E-state index >= 15 is 0 Å². The van der Waals surface area contributed by atoms with Crippen LogP contribution in [0.15, 0.2) is 30.3 Å². The summed E-state index contributed by atoms with van der Waals surface area (Å²) in [4.78, 5) is 14.3. The van der Waals surface area contributed by atoms with Gasteiger partial charge < -0.3 is 26.8 Å². The van der Waals surface area contributed by atoms with E-state index in [1.807, 2.05) is 18.2 Å². The third-order valence-electron chi connectivity index (χ3n) is 5.43. The summed E-state index contributed by atoms with van der Waals surface area (Å²) in [6, 6.07) is 10.2. The van der Waals surface area contributed by atoms with Gasteiger partial charge in [-0.3, -0.25) is 4.79 Å². The molecule has 3 rings (SSSR count). The lowest BCUT2D eigenvalue weighted by Crippen LogP contribution is -3.14. The predicted molar refractivity (Wildman–Crippen MR) is 93.1 cm³/mol. The summed E-state index contributed by atoms with van der Waals surface area (Å²) in [6.07, 6.45) is 6.05. The van der Waals surface area contributed by atoms with Crippen molar-refractivity contribution in [1.29, 1.82) is 0 Å². The second kappa shape index (κ2) is 10.8. The zero-order valence-corrected chi connectivity index (χ0v) is 15.7. The van der Waals surface area contributed by atoms with Gasteiger partial charge in [-0.05, 0) is 24.3 Å². The van der Waals surface area contributed by atoms with Crippen LogP contribution in [0.25, 0.3) is 0 Å². The first-order valence-electron chi connectivity index (χ1n) is 9.47. The van der Waals surface area contributed by atoms with Gasteiger partial charge in [0.15, 0.2) is 0 Å². The Morgan fingerprint density at radius 1 is 1.12 bits per heavy atom. The second-order valence-electron chi connectivity index (χ2n) is 7.07. The van der Waals surface area contributed by atoms with Gasteiger partial charge in [0.1, 0.15) is 26.2 Å². The topological polar surface area (TPSA) is 40.0 Å². The molecule has 1 saturated heterocycles. The maximum absolute atomic E-state index is 12.8. The Balaban J connectivity index is 0.00000225. The van der Waals surface area contributed by atoms with Crippen molar-refractivity contribution >= 4 is 5.97 Å². The highest BCUT2D eigenvalue weighted by Crippen LogP contribution is 2.36. The van der Waals surface area contributed by atoms with Crippen LogP contribution in [0.3, 0.4) is 0 Å². The van der Waals surface area contributed by atoms with E-state index in [9.17, 15) is 4.79 Å². The lowest BCUT2D eigenvalue weighted by atomic mass is 9.77. The fourth-order valence-corrected chi connectivity index (χ4v) is 4.02. The van der Waals surface area contributed by atoms with Gasteiger partial charge in [0.2, 0.25) is 0 Å². The maximum Gasteiger partial charge on any atom is 0.313 e. The number of quaternary nitrogens is 1. The van der Waals surface area contributed by atoms with Crippen LogP contribution in [0.5, 0.6) is 0 Å². The van der Waals surface area contributed by atoms with Gasteiger partial charge in [0, 0.05) is 0 Å². The molecule has 5 heteroatoms. The van der Waals surface area contributed by atoms with Crippen LogP contribution in [-0.4, -0.2) is 45.4 Å². The van der Waals surface area contributed by atoms with Gasteiger partial charge in [0.25, 0.3) is 0 Å². The van der Waals surface area contributed by atoms with Crippen LogP contribution < -0.4 is 17.3 Å². The van der Waals surface area contributed by atoms with Crippen molar-refractivity contribution in [3.8, 4) is 0 Å². The number of benzene rings is 1. The van der Waals surface area contributed by atoms with E-state index in [-0.39, 0.29) is 24.3 Å². The normalized spacial score (nSPS) is 20.5. The molecule has 1 saturated carbocycles. The molecule has 1 unspecified atom stereocenters. The van der Waals surface area contributed by atoms with Crippen molar-refractivity contribution in [2.45, 2.75) is 38.0 Å². The lowest BCUT2D eigenvalue weighted by Gasteiger charge is -2.29. The summed E-state index contributed by atoms with van der Waals surface area (Å²) in [5, 5.41) is 0. The van der Waals surface area contributed by atoms with E-state index < -0.39 is 0 Å². The predicted octanol–water partition coefficient (Wildman–Crippen LogP) is -1.19. The minimum Gasteiger partial charge on any atom is -1.00 e. The van der Waals surface area contributed by atoms with Gasteiger partial charge in [-0.15, -0.1) is 0 Å². The third kappa shape index (κ3) is 5.98. The molecule has 1 aliphatic heterocycles. The van der Waals surface area contributed by atoms with Crippen molar-refractivity contribution in [3.05, 3.63) is 35.9 Å². The van der Waals surface area contributed by atoms with Crippen molar-refractivity contribution in [2.24, 2.45) is 5.92 Å². The summed E-state index contributed by atoms with van der Waals surface area (Å²) in [5.74, 6) is 0.316. The Kier molecular flexibility index (Phi) is 8.73. The monoisotopic (exact) mass is 367 g/mol. The molecule has 1 aromatic rings. The average molecular weight is 368 g/mol. The first-order valence-corrected chi connectivity index (χ1v) is 9.47. The molecule has 1 aliphatic carbocycles. The highest BCUT2D eigenvalue weighted by atomic mass is 35.5. The SMILES string of the molecule is O=C(OCC[NH+]1CCOCC1)C(c1ccccc1)C1CCCCC1.[Cl-]. The Morgan fingerprint density at radius 3 is 2.48 bits per heavy atom. The van der Waals surface area contributed by atoms with Crippen LogP contribution in [0.4, 0.5) is 0 Å². The number of hydrogen-bond donors (Lipinski definition) is 1.